The second-order valence-electron chi connectivity index (χ2n) is 5.37. The summed E-state index contributed by atoms with van der Waals surface area (Å²) < 4.78 is 40.4. The molecule has 7 heteroatoms. The summed E-state index contributed by atoms with van der Waals surface area (Å²) in [5.41, 5.74) is 0.0418. The Morgan fingerprint density at radius 1 is 1.43 bits per heavy atom. The first-order chi connectivity index (χ1) is 11.2. The van der Waals surface area contributed by atoms with Gasteiger partial charge in [0.1, 0.15) is 11.6 Å². The van der Waals surface area contributed by atoms with Crippen LogP contribution in [0, 0.1) is 11.6 Å². The molecular formula is C16H19F2N3O2. The van der Waals surface area contributed by atoms with E-state index in [4.69, 9.17) is 9.47 Å². The van der Waals surface area contributed by atoms with Crippen LogP contribution in [0.5, 0.6) is 5.75 Å². The first-order valence-corrected chi connectivity index (χ1v) is 7.56. The first kappa shape index (κ1) is 15.9. The van der Waals surface area contributed by atoms with Crippen molar-refractivity contribution in [1.82, 2.24) is 14.9 Å². The van der Waals surface area contributed by atoms with Gasteiger partial charge in [-0.25, -0.2) is 13.8 Å². The highest BCUT2D eigenvalue weighted by molar-refractivity contribution is 5.65. The topological polar surface area (TPSA) is 48.3 Å². The third-order valence-electron chi connectivity index (χ3n) is 3.91. The van der Waals surface area contributed by atoms with Crippen LogP contribution in [0.4, 0.5) is 8.78 Å². The number of aromatic nitrogens is 2. The van der Waals surface area contributed by atoms with E-state index in [1.807, 2.05) is 0 Å². The van der Waals surface area contributed by atoms with Crippen LogP contribution in [0.2, 0.25) is 0 Å². The van der Waals surface area contributed by atoms with E-state index < -0.39 is 11.6 Å². The van der Waals surface area contributed by atoms with Crippen LogP contribution < -0.4 is 10.1 Å². The molecule has 0 aliphatic carbocycles. The maximum atomic E-state index is 14.2. The maximum Gasteiger partial charge on any atom is 0.173 e. The van der Waals surface area contributed by atoms with E-state index in [-0.39, 0.29) is 17.4 Å². The average Bonchev–Trinajstić information content (AvgIpc) is 3.04. The van der Waals surface area contributed by atoms with Gasteiger partial charge in [-0.2, -0.15) is 0 Å². The minimum absolute atomic E-state index is 0.0418. The van der Waals surface area contributed by atoms with Crippen molar-refractivity contribution in [1.29, 1.82) is 0 Å². The van der Waals surface area contributed by atoms with Crippen molar-refractivity contribution >= 4 is 0 Å². The van der Waals surface area contributed by atoms with Crippen molar-refractivity contribution in [3.05, 3.63) is 36.2 Å². The number of nitrogens with one attached hydrogen (secondary N) is 1. The van der Waals surface area contributed by atoms with E-state index >= 15 is 0 Å². The molecule has 1 N–H and O–H groups in total. The zero-order valence-electron chi connectivity index (χ0n) is 12.9. The molecular weight excluding hydrogens is 304 g/mol. The van der Waals surface area contributed by atoms with Crippen LogP contribution in [-0.2, 0) is 11.3 Å². The third kappa shape index (κ3) is 3.35. The number of rotatable bonds is 5. The Bertz CT molecular complexity index is 669. The van der Waals surface area contributed by atoms with Crippen LogP contribution in [-0.4, -0.2) is 42.5 Å². The highest BCUT2D eigenvalue weighted by Crippen LogP contribution is 2.33. The van der Waals surface area contributed by atoms with Gasteiger partial charge in [0.25, 0.3) is 0 Å². The Morgan fingerprint density at radius 2 is 2.30 bits per heavy atom. The SMILES string of the molecule is COc1ccc(F)c(F)c1-c1nccn1CCC1CNCCO1. The number of ether oxygens (including phenoxy) is 2. The van der Waals surface area contributed by atoms with Crippen LogP contribution in [0.1, 0.15) is 6.42 Å². The summed E-state index contributed by atoms with van der Waals surface area (Å²) in [6, 6.07) is 2.45. The molecule has 0 bridgehead atoms. The Kier molecular flexibility index (Phi) is 4.88. The fourth-order valence-electron chi connectivity index (χ4n) is 2.72. The fraction of sp³-hybridized carbons (Fsp3) is 0.438. The molecule has 0 saturated carbocycles. The molecule has 1 aliphatic rings. The summed E-state index contributed by atoms with van der Waals surface area (Å²) >= 11 is 0. The molecule has 0 amide bonds. The highest BCUT2D eigenvalue weighted by Gasteiger charge is 2.21. The summed E-state index contributed by atoms with van der Waals surface area (Å²) in [5.74, 6) is -1.27. The quantitative estimate of drug-likeness (QED) is 0.916. The van der Waals surface area contributed by atoms with Gasteiger partial charge in [0, 0.05) is 32.0 Å². The number of aryl methyl sites for hydroxylation is 1. The zero-order valence-corrected chi connectivity index (χ0v) is 12.9. The normalized spacial score (nSPS) is 18.1. The minimum Gasteiger partial charge on any atom is -0.496 e. The monoisotopic (exact) mass is 323 g/mol. The van der Waals surface area contributed by atoms with E-state index in [0.29, 0.717) is 19.0 Å². The summed E-state index contributed by atoms with van der Waals surface area (Å²) in [6.45, 7) is 2.94. The van der Waals surface area contributed by atoms with Gasteiger partial charge in [-0.3, -0.25) is 0 Å². The smallest absolute Gasteiger partial charge is 0.173 e. The summed E-state index contributed by atoms with van der Waals surface area (Å²) in [4.78, 5) is 4.18. The second-order valence-corrected chi connectivity index (χ2v) is 5.37. The number of hydrogen-bond acceptors (Lipinski definition) is 4. The third-order valence-corrected chi connectivity index (χ3v) is 3.91. The van der Waals surface area contributed by atoms with Gasteiger partial charge in [0.15, 0.2) is 11.6 Å². The lowest BCUT2D eigenvalue weighted by atomic mass is 10.1. The lowest BCUT2D eigenvalue weighted by Crippen LogP contribution is -2.38. The Morgan fingerprint density at radius 3 is 3.04 bits per heavy atom. The lowest BCUT2D eigenvalue weighted by Gasteiger charge is -2.24. The molecule has 1 atom stereocenters. The molecule has 5 nitrogen and oxygen atoms in total. The van der Waals surface area contributed by atoms with Gasteiger partial charge in [-0.15, -0.1) is 0 Å². The van der Waals surface area contributed by atoms with E-state index in [2.05, 4.69) is 10.3 Å². The van der Waals surface area contributed by atoms with E-state index in [1.54, 1.807) is 17.0 Å². The zero-order chi connectivity index (χ0) is 16.2. The molecule has 124 valence electrons. The molecule has 1 aliphatic heterocycles. The van der Waals surface area contributed by atoms with Gasteiger partial charge in [0.05, 0.1) is 25.4 Å². The molecule has 1 aromatic heterocycles. The number of hydrogen-bond donors (Lipinski definition) is 1. The van der Waals surface area contributed by atoms with E-state index in [1.165, 1.54) is 13.2 Å². The second kappa shape index (κ2) is 7.06. The number of methoxy groups -OCH3 is 1. The van der Waals surface area contributed by atoms with Crippen molar-refractivity contribution in [2.45, 2.75) is 19.1 Å². The predicted octanol–water partition coefficient (Wildman–Crippen LogP) is 2.22. The average molecular weight is 323 g/mol. The molecule has 1 fully saturated rings. The number of nitrogens with zero attached hydrogens (tertiary/aromatic N) is 2. The highest BCUT2D eigenvalue weighted by atomic mass is 19.2. The number of benzene rings is 1. The van der Waals surface area contributed by atoms with Crippen molar-refractivity contribution in [2.75, 3.05) is 26.8 Å². The Hall–Kier alpha value is -1.99. The minimum atomic E-state index is -0.951. The molecule has 2 heterocycles. The molecule has 0 spiro atoms. The maximum absolute atomic E-state index is 14.2. The van der Waals surface area contributed by atoms with Gasteiger partial charge in [0.2, 0.25) is 0 Å². The summed E-state index contributed by atoms with van der Waals surface area (Å²) in [7, 11) is 1.42. The van der Waals surface area contributed by atoms with Crippen molar-refractivity contribution in [3.8, 4) is 17.1 Å². The summed E-state index contributed by atoms with van der Waals surface area (Å²) in [6.07, 6.45) is 4.18. The fourth-order valence-corrected chi connectivity index (χ4v) is 2.72. The van der Waals surface area contributed by atoms with Gasteiger partial charge < -0.3 is 19.4 Å². The number of imidazole rings is 1. The molecule has 23 heavy (non-hydrogen) atoms. The van der Waals surface area contributed by atoms with Gasteiger partial charge in [-0.1, -0.05) is 0 Å². The van der Waals surface area contributed by atoms with E-state index in [9.17, 15) is 8.78 Å². The largest absolute Gasteiger partial charge is 0.496 e. The number of halogens is 2. The van der Waals surface area contributed by atoms with Crippen LogP contribution in [0.25, 0.3) is 11.4 Å². The molecule has 0 radical (unpaired) electrons. The molecule has 1 unspecified atom stereocenters. The van der Waals surface area contributed by atoms with E-state index in [0.717, 1.165) is 25.6 Å². The summed E-state index contributed by atoms with van der Waals surface area (Å²) in [5, 5.41) is 3.27. The lowest BCUT2D eigenvalue weighted by molar-refractivity contribution is 0.0211. The molecule has 1 aromatic carbocycles. The van der Waals surface area contributed by atoms with Crippen molar-refractivity contribution < 1.29 is 18.3 Å². The Labute approximate surface area is 133 Å². The van der Waals surface area contributed by atoms with Gasteiger partial charge >= 0.3 is 0 Å². The molecule has 2 aromatic rings. The van der Waals surface area contributed by atoms with Crippen LogP contribution >= 0.6 is 0 Å². The molecule has 3 rings (SSSR count). The first-order valence-electron chi connectivity index (χ1n) is 7.56. The van der Waals surface area contributed by atoms with Crippen LogP contribution in [0.15, 0.2) is 24.5 Å². The predicted molar refractivity (Wildman–Crippen MR) is 81.4 cm³/mol. The van der Waals surface area contributed by atoms with Crippen LogP contribution in [0.3, 0.4) is 0 Å². The molecule has 1 saturated heterocycles. The number of morpholine rings is 1. The standard InChI is InChI=1S/C16H19F2N3O2/c1-22-13-3-2-12(17)15(18)14(13)16-20-5-8-21(16)7-4-11-10-19-6-9-23-11/h2-3,5,8,11,19H,4,6-7,9-10H2,1H3. The Balaban J connectivity index is 1.84. The van der Waals surface area contributed by atoms with Gasteiger partial charge in [-0.05, 0) is 18.6 Å². The van der Waals surface area contributed by atoms with Crippen molar-refractivity contribution in [2.24, 2.45) is 0 Å². The van der Waals surface area contributed by atoms with Crippen molar-refractivity contribution in [3.63, 3.8) is 0 Å².